The van der Waals surface area contributed by atoms with Crippen molar-refractivity contribution in [1.29, 1.82) is 5.26 Å². The molecule has 2 N–H and O–H groups in total. The number of likely N-dealkylation sites (tertiary alicyclic amines) is 1. The van der Waals surface area contributed by atoms with E-state index in [1.165, 1.54) is 0 Å². The summed E-state index contributed by atoms with van der Waals surface area (Å²) < 4.78 is 10.9. The van der Waals surface area contributed by atoms with Gasteiger partial charge in [-0.2, -0.15) is 10.2 Å². The Balaban J connectivity index is 1.55. The molecule has 1 aromatic carbocycles. The molecule has 24 heavy (non-hydrogen) atoms. The lowest BCUT2D eigenvalue weighted by molar-refractivity contribution is 0.0987. The first kappa shape index (κ1) is 16.0. The van der Waals surface area contributed by atoms with E-state index in [1.807, 2.05) is 0 Å². The van der Waals surface area contributed by atoms with Crippen LogP contribution in [-0.2, 0) is 0 Å². The van der Waals surface area contributed by atoms with E-state index < -0.39 is 5.91 Å². The number of aromatic nitrogens is 2. The second-order valence-electron chi connectivity index (χ2n) is 5.50. The number of hydrogen-bond donors (Lipinski definition) is 1. The van der Waals surface area contributed by atoms with E-state index in [2.05, 4.69) is 21.1 Å². The molecule has 1 aliphatic heterocycles. The summed E-state index contributed by atoms with van der Waals surface area (Å²) in [7, 11) is 0. The fraction of sp³-hybridized carbons (Fsp3) is 0.375. The molecule has 0 saturated carbocycles. The molecule has 1 aliphatic rings. The summed E-state index contributed by atoms with van der Waals surface area (Å²) in [4.78, 5) is 17.3. The minimum Gasteiger partial charge on any atom is -0.492 e. The Morgan fingerprint density at radius 2 is 2.25 bits per heavy atom. The predicted molar refractivity (Wildman–Crippen MR) is 83.0 cm³/mol. The minimum absolute atomic E-state index is 0.0184. The number of primary amides is 1. The molecule has 3 rings (SSSR count). The van der Waals surface area contributed by atoms with E-state index in [4.69, 9.17) is 20.3 Å². The molecule has 1 fully saturated rings. The molecule has 1 atom stereocenters. The third-order valence-corrected chi connectivity index (χ3v) is 3.94. The predicted octanol–water partition coefficient (Wildman–Crippen LogP) is 1.26. The maximum absolute atomic E-state index is 11.1. The Hall–Kier alpha value is -2.92. The van der Waals surface area contributed by atoms with Gasteiger partial charge in [-0.1, -0.05) is 5.16 Å². The molecular formula is C16H17N5O3. The highest BCUT2D eigenvalue weighted by Gasteiger charge is 2.31. The highest BCUT2D eigenvalue weighted by Crippen LogP contribution is 2.30. The first-order valence-corrected chi connectivity index (χ1v) is 7.68. The van der Waals surface area contributed by atoms with Crippen LogP contribution in [0.25, 0.3) is 0 Å². The van der Waals surface area contributed by atoms with Gasteiger partial charge < -0.3 is 15.0 Å². The smallest absolute Gasteiger partial charge is 0.290 e. The van der Waals surface area contributed by atoms with Crippen LogP contribution in [0.1, 0.15) is 41.0 Å². The lowest BCUT2D eigenvalue weighted by atomic mass is 10.2. The first-order chi connectivity index (χ1) is 11.7. The van der Waals surface area contributed by atoms with Gasteiger partial charge in [0.25, 0.3) is 11.7 Å². The number of nitriles is 1. The number of nitrogens with zero attached hydrogens (tertiary/aromatic N) is 4. The summed E-state index contributed by atoms with van der Waals surface area (Å²) in [6.45, 7) is 2.09. The zero-order valence-electron chi connectivity index (χ0n) is 13.0. The number of hydrogen-bond acceptors (Lipinski definition) is 7. The Morgan fingerprint density at radius 1 is 1.46 bits per heavy atom. The van der Waals surface area contributed by atoms with Crippen molar-refractivity contribution in [2.45, 2.75) is 18.9 Å². The van der Waals surface area contributed by atoms with Crippen molar-refractivity contribution in [3.8, 4) is 11.8 Å². The molecule has 0 spiro atoms. The summed E-state index contributed by atoms with van der Waals surface area (Å²) in [5.41, 5.74) is 5.75. The zero-order valence-corrected chi connectivity index (χ0v) is 13.0. The maximum atomic E-state index is 11.1. The normalized spacial score (nSPS) is 17.5. The lowest BCUT2D eigenvalue weighted by Gasteiger charge is -2.21. The van der Waals surface area contributed by atoms with Crippen LogP contribution in [0.15, 0.2) is 28.8 Å². The average Bonchev–Trinajstić information content (AvgIpc) is 3.24. The minimum atomic E-state index is -0.696. The van der Waals surface area contributed by atoms with Crippen molar-refractivity contribution in [3.63, 3.8) is 0 Å². The molecule has 0 radical (unpaired) electrons. The largest absolute Gasteiger partial charge is 0.492 e. The van der Waals surface area contributed by atoms with Gasteiger partial charge in [-0.15, -0.1) is 0 Å². The topological polar surface area (TPSA) is 118 Å². The molecule has 1 saturated heterocycles. The van der Waals surface area contributed by atoms with Crippen LogP contribution in [0, 0.1) is 11.3 Å². The van der Waals surface area contributed by atoms with Crippen molar-refractivity contribution in [3.05, 3.63) is 41.5 Å². The third-order valence-electron chi connectivity index (χ3n) is 3.94. The van der Waals surface area contributed by atoms with Crippen molar-refractivity contribution in [1.82, 2.24) is 15.0 Å². The van der Waals surface area contributed by atoms with Crippen LogP contribution >= 0.6 is 0 Å². The summed E-state index contributed by atoms with van der Waals surface area (Å²) in [5.74, 6) is 0.350. The van der Waals surface area contributed by atoms with E-state index in [-0.39, 0.29) is 11.9 Å². The molecule has 124 valence electrons. The Morgan fingerprint density at radius 3 is 2.92 bits per heavy atom. The Labute approximate surface area is 138 Å². The van der Waals surface area contributed by atoms with Crippen molar-refractivity contribution < 1.29 is 14.1 Å². The maximum Gasteiger partial charge on any atom is 0.290 e. The second-order valence-corrected chi connectivity index (χ2v) is 5.50. The van der Waals surface area contributed by atoms with Crippen LogP contribution in [-0.4, -0.2) is 40.6 Å². The fourth-order valence-corrected chi connectivity index (χ4v) is 2.75. The van der Waals surface area contributed by atoms with Crippen molar-refractivity contribution in [2.75, 3.05) is 19.7 Å². The molecule has 0 aliphatic carbocycles. The molecule has 1 unspecified atom stereocenters. The molecular weight excluding hydrogens is 310 g/mol. The van der Waals surface area contributed by atoms with Gasteiger partial charge in [0.2, 0.25) is 5.89 Å². The van der Waals surface area contributed by atoms with Gasteiger partial charge in [0.1, 0.15) is 12.4 Å². The van der Waals surface area contributed by atoms with Gasteiger partial charge >= 0.3 is 0 Å². The van der Waals surface area contributed by atoms with Crippen molar-refractivity contribution in [2.24, 2.45) is 5.73 Å². The quantitative estimate of drug-likeness (QED) is 0.848. The summed E-state index contributed by atoms with van der Waals surface area (Å²) in [5, 5.41) is 12.4. The zero-order chi connectivity index (χ0) is 16.9. The molecule has 2 aromatic rings. The van der Waals surface area contributed by atoms with Crippen LogP contribution in [0.4, 0.5) is 0 Å². The average molecular weight is 327 g/mol. The highest BCUT2D eigenvalue weighted by atomic mass is 16.5. The Kier molecular flexibility index (Phi) is 4.72. The first-order valence-electron chi connectivity index (χ1n) is 7.68. The van der Waals surface area contributed by atoms with Gasteiger partial charge in [0.05, 0.1) is 17.7 Å². The number of ether oxygens (including phenoxy) is 1. The summed E-state index contributed by atoms with van der Waals surface area (Å²) in [6, 6.07) is 9.04. The standard InChI is InChI=1S/C16H17N5O3/c17-10-11-3-5-12(6-4-11)23-9-8-21-7-1-2-13(21)16-19-15(14(18)22)20-24-16/h3-6,13H,1-2,7-9H2,(H2,18,22). The van der Waals surface area contributed by atoms with Crippen molar-refractivity contribution >= 4 is 5.91 Å². The SMILES string of the molecule is N#Cc1ccc(OCCN2CCCC2c2nc(C(N)=O)no2)cc1. The summed E-state index contributed by atoms with van der Waals surface area (Å²) >= 11 is 0. The van der Waals surface area contributed by atoms with Crippen LogP contribution in [0.3, 0.4) is 0 Å². The molecule has 2 heterocycles. The van der Waals surface area contributed by atoms with Crippen LogP contribution in [0.5, 0.6) is 5.75 Å². The molecule has 8 heteroatoms. The van der Waals surface area contributed by atoms with Gasteiger partial charge in [0, 0.05) is 6.54 Å². The molecule has 8 nitrogen and oxygen atoms in total. The Bertz CT molecular complexity index is 750. The van der Waals surface area contributed by atoms with Crippen LogP contribution in [0.2, 0.25) is 0 Å². The van der Waals surface area contributed by atoms with E-state index in [9.17, 15) is 4.79 Å². The van der Waals surface area contributed by atoms with Gasteiger partial charge in [-0.3, -0.25) is 9.69 Å². The van der Waals surface area contributed by atoms with E-state index >= 15 is 0 Å². The molecule has 1 aromatic heterocycles. The highest BCUT2D eigenvalue weighted by molar-refractivity contribution is 5.88. The van der Waals surface area contributed by atoms with E-state index in [0.717, 1.165) is 25.1 Å². The number of benzene rings is 1. The number of nitrogens with two attached hydrogens (primary N) is 1. The lowest BCUT2D eigenvalue weighted by Crippen LogP contribution is -2.28. The van der Waals surface area contributed by atoms with Gasteiger partial charge in [-0.25, -0.2) is 0 Å². The van der Waals surface area contributed by atoms with Gasteiger partial charge in [0.15, 0.2) is 0 Å². The number of amides is 1. The number of rotatable bonds is 6. The van der Waals surface area contributed by atoms with Gasteiger partial charge in [-0.05, 0) is 43.7 Å². The monoisotopic (exact) mass is 327 g/mol. The van der Waals surface area contributed by atoms with Crippen LogP contribution < -0.4 is 10.5 Å². The number of carbonyl (C=O) groups is 1. The molecule has 0 bridgehead atoms. The summed E-state index contributed by atoms with van der Waals surface area (Å²) in [6.07, 6.45) is 1.90. The third kappa shape index (κ3) is 3.52. The van der Waals surface area contributed by atoms with E-state index in [1.54, 1.807) is 24.3 Å². The second kappa shape index (κ2) is 7.10. The van der Waals surface area contributed by atoms with E-state index in [0.29, 0.717) is 24.6 Å². The number of carbonyl (C=O) groups excluding carboxylic acids is 1. The molecule has 1 amide bonds. The fourth-order valence-electron chi connectivity index (χ4n) is 2.75.